The summed E-state index contributed by atoms with van der Waals surface area (Å²) in [6.07, 6.45) is 0. The Bertz CT molecular complexity index is 214. The van der Waals surface area contributed by atoms with E-state index in [4.69, 9.17) is 4.74 Å². The average Bonchev–Trinajstić information content (AvgIpc) is 2.11. The largest absolute Gasteiger partial charge is 0.377 e. The van der Waals surface area contributed by atoms with E-state index in [1.54, 1.807) is 7.11 Å². The molecule has 0 aromatic rings. The second-order valence-corrected chi connectivity index (χ2v) is 5.98. The second-order valence-electron chi connectivity index (χ2n) is 5.98. The van der Waals surface area contributed by atoms with Gasteiger partial charge in [-0.05, 0) is 34.6 Å². The summed E-state index contributed by atoms with van der Waals surface area (Å²) in [5.41, 5.74) is 0.165. The molecular weight excluding hydrogens is 188 g/mol. The minimum Gasteiger partial charge on any atom is -0.377 e. The zero-order valence-electron chi connectivity index (χ0n) is 11.1. The van der Waals surface area contributed by atoms with Crippen molar-refractivity contribution >= 4 is 0 Å². The van der Waals surface area contributed by atoms with Crippen LogP contribution in [0.5, 0.6) is 0 Å². The van der Waals surface area contributed by atoms with Gasteiger partial charge in [0.25, 0.3) is 0 Å². The molecule has 0 radical (unpaired) electrons. The lowest BCUT2D eigenvalue weighted by molar-refractivity contribution is -0.0306. The monoisotopic (exact) mass is 214 g/mol. The van der Waals surface area contributed by atoms with Crippen LogP contribution in [0.2, 0.25) is 0 Å². The predicted molar refractivity (Wildman–Crippen MR) is 64.2 cm³/mol. The Hall–Kier alpha value is -0.120. The molecule has 0 bridgehead atoms. The van der Waals surface area contributed by atoms with Crippen LogP contribution in [0.15, 0.2) is 0 Å². The highest BCUT2D eigenvalue weighted by Crippen LogP contribution is 2.19. The van der Waals surface area contributed by atoms with Crippen LogP contribution in [-0.4, -0.2) is 48.8 Å². The highest BCUT2D eigenvalue weighted by Gasteiger charge is 2.33. The van der Waals surface area contributed by atoms with Crippen LogP contribution in [0.3, 0.4) is 0 Å². The van der Waals surface area contributed by atoms with Crippen molar-refractivity contribution in [2.24, 2.45) is 0 Å². The molecule has 90 valence electrons. The molecule has 0 aromatic carbocycles. The van der Waals surface area contributed by atoms with Crippen molar-refractivity contribution in [3.63, 3.8) is 0 Å². The van der Waals surface area contributed by atoms with E-state index in [0.717, 1.165) is 19.6 Å². The summed E-state index contributed by atoms with van der Waals surface area (Å²) in [7, 11) is 1.79. The fourth-order valence-corrected chi connectivity index (χ4v) is 2.04. The average molecular weight is 214 g/mol. The van der Waals surface area contributed by atoms with Gasteiger partial charge in [0.2, 0.25) is 0 Å². The summed E-state index contributed by atoms with van der Waals surface area (Å²) in [4.78, 5) is 2.51. The van der Waals surface area contributed by atoms with Gasteiger partial charge in [-0.25, -0.2) is 0 Å². The van der Waals surface area contributed by atoms with Crippen molar-refractivity contribution < 1.29 is 4.74 Å². The maximum Gasteiger partial charge on any atom is 0.0749 e. The third-order valence-corrected chi connectivity index (χ3v) is 3.23. The summed E-state index contributed by atoms with van der Waals surface area (Å²) in [5, 5.41) is 3.56. The first-order valence-corrected chi connectivity index (χ1v) is 5.80. The third-order valence-electron chi connectivity index (χ3n) is 3.23. The third kappa shape index (κ3) is 3.74. The quantitative estimate of drug-likeness (QED) is 0.770. The Morgan fingerprint density at radius 2 is 2.07 bits per heavy atom. The first kappa shape index (κ1) is 12.9. The van der Waals surface area contributed by atoms with Crippen molar-refractivity contribution in [1.29, 1.82) is 0 Å². The van der Waals surface area contributed by atoms with Gasteiger partial charge in [-0.2, -0.15) is 0 Å². The van der Waals surface area contributed by atoms with E-state index >= 15 is 0 Å². The fourth-order valence-electron chi connectivity index (χ4n) is 2.04. The molecule has 1 aliphatic rings. The molecule has 1 atom stereocenters. The molecule has 1 heterocycles. The summed E-state index contributed by atoms with van der Waals surface area (Å²) >= 11 is 0. The number of nitrogens with one attached hydrogen (secondary N) is 1. The van der Waals surface area contributed by atoms with E-state index in [1.165, 1.54) is 0 Å². The molecule has 1 N–H and O–H groups in total. The van der Waals surface area contributed by atoms with Gasteiger partial charge in [0.05, 0.1) is 5.60 Å². The molecule has 15 heavy (non-hydrogen) atoms. The van der Waals surface area contributed by atoms with Crippen LogP contribution in [0.4, 0.5) is 0 Å². The summed E-state index contributed by atoms with van der Waals surface area (Å²) in [6.45, 7) is 14.2. The highest BCUT2D eigenvalue weighted by molar-refractivity contribution is 4.92. The van der Waals surface area contributed by atoms with Crippen molar-refractivity contribution in [3.8, 4) is 0 Å². The number of ether oxygens (including phenoxy) is 1. The summed E-state index contributed by atoms with van der Waals surface area (Å²) in [6, 6.07) is 0.590. The predicted octanol–water partition coefficient (Wildman–Crippen LogP) is 1.48. The van der Waals surface area contributed by atoms with Gasteiger partial charge < -0.3 is 10.1 Å². The summed E-state index contributed by atoms with van der Waals surface area (Å²) < 4.78 is 5.49. The highest BCUT2D eigenvalue weighted by atomic mass is 16.5. The Morgan fingerprint density at radius 3 is 2.60 bits per heavy atom. The van der Waals surface area contributed by atoms with Gasteiger partial charge in [-0.3, -0.25) is 4.90 Å². The van der Waals surface area contributed by atoms with E-state index < -0.39 is 0 Å². The van der Waals surface area contributed by atoms with E-state index in [0.29, 0.717) is 6.04 Å². The number of piperazine rings is 1. The van der Waals surface area contributed by atoms with E-state index in [-0.39, 0.29) is 11.1 Å². The van der Waals surface area contributed by atoms with E-state index in [2.05, 4.69) is 44.8 Å². The lowest BCUT2D eigenvalue weighted by atomic mass is 9.97. The number of nitrogens with zero attached hydrogens (tertiary/aromatic N) is 1. The maximum atomic E-state index is 5.49. The zero-order chi connectivity index (χ0) is 11.7. The Labute approximate surface area is 94.2 Å². The lowest BCUT2D eigenvalue weighted by Crippen LogP contribution is -2.62. The van der Waals surface area contributed by atoms with Gasteiger partial charge in [0, 0.05) is 38.3 Å². The minimum absolute atomic E-state index is 0.0539. The van der Waals surface area contributed by atoms with Crippen LogP contribution < -0.4 is 5.32 Å². The van der Waals surface area contributed by atoms with Gasteiger partial charge in [0.15, 0.2) is 0 Å². The molecule has 1 saturated heterocycles. The molecule has 1 fully saturated rings. The van der Waals surface area contributed by atoms with Crippen molar-refractivity contribution in [3.05, 3.63) is 0 Å². The van der Waals surface area contributed by atoms with E-state index in [9.17, 15) is 0 Å². The van der Waals surface area contributed by atoms with Gasteiger partial charge in [-0.1, -0.05) is 0 Å². The molecule has 1 aliphatic heterocycles. The smallest absolute Gasteiger partial charge is 0.0749 e. The van der Waals surface area contributed by atoms with Crippen molar-refractivity contribution in [2.45, 2.75) is 51.8 Å². The molecule has 0 spiro atoms. The Balaban J connectivity index is 2.59. The van der Waals surface area contributed by atoms with Crippen LogP contribution >= 0.6 is 0 Å². The first-order chi connectivity index (χ1) is 6.76. The Kier molecular flexibility index (Phi) is 3.80. The zero-order valence-corrected chi connectivity index (χ0v) is 11.1. The topological polar surface area (TPSA) is 24.5 Å². The molecule has 0 aromatic heterocycles. The van der Waals surface area contributed by atoms with E-state index in [1.807, 2.05) is 0 Å². The van der Waals surface area contributed by atoms with Crippen molar-refractivity contribution in [1.82, 2.24) is 10.2 Å². The second kappa shape index (κ2) is 4.40. The van der Waals surface area contributed by atoms with Gasteiger partial charge >= 0.3 is 0 Å². The molecule has 0 amide bonds. The number of rotatable bonds is 3. The molecule has 1 rings (SSSR count). The molecule has 3 nitrogen and oxygen atoms in total. The normalized spacial score (nSPS) is 28.0. The SMILES string of the molecule is COC(C)(C)CN1CC(C)(C)NCC1C. The number of hydrogen-bond donors (Lipinski definition) is 1. The molecule has 3 heteroatoms. The van der Waals surface area contributed by atoms with Gasteiger partial charge in [0.1, 0.15) is 0 Å². The first-order valence-electron chi connectivity index (χ1n) is 5.80. The van der Waals surface area contributed by atoms with Crippen LogP contribution in [0.1, 0.15) is 34.6 Å². The van der Waals surface area contributed by atoms with Crippen LogP contribution in [0, 0.1) is 0 Å². The van der Waals surface area contributed by atoms with Crippen molar-refractivity contribution in [2.75, 3.05) is 26.7 Å². The molecule has 0 saturated carbocycles. The fraction of sp³-hybridized carbons (Fsp3) is 1.00. The van der Waals surface area contributed by atoms with Gasteiger partial charge in [-0.15, -0.1) is 0 Å². The molecule has 1 unspecified atom stereocenters. The maximum absolute atomic E-state index is 5.49. The Morgan fingerprint density at radius 1 is 1.47 bits per heavy atom. The lowest BCUT2D eigenvalue weighted by Gasteiger charge is -2.45. The van der Waals surface area contributed by atoms with Crippen LogP contribution in [0.25, 0.3) is 0 Å². The number of hydrogen-bond acceptors (Lipinski definition) is 3. The van der Waals surface area contributed by atoms with Crippen LogP contribution in [-0.2, 0) is 4.74 Å². The standard InChI is InChI=1S/C12H26N2O/c1-10-7-13-11(2,3)8-14(10)9-12(4,5)15-6/h10,13H,7-9H2,1-6H3. The molecule has 0 aliphatic carbocycles. The molecular formula is C12H26N2O. The number of methoxy groups -OCH3 is 1. The minimum atomic E-state index is -0.0539. The summed E-state index contributed by atoms with van der Waals surface area (Å²) in [5.74, 6) is 0.